The normalized spacial score (nSPS) is 12.3. The van der Waals surface area contributed by atoms with E-state index in [2.05, 4.69) is 261 Å². The molecular weight excluding hydrogens is 884 g/mol. The Morgan fingerprint density at radius 3 is 0.877 bits per heavy atom. The van der Waals surface area contributed by atoms with Crippen molar-refractivity contribution in [2.45, 2.75) is 0 Å². The number of para-hydroxylation sites is 2. The van der Waals surface area contributed by atoms with E-state index in [1.54, 1.807) is 0 Å². The molecule has 0 atom stereocenters. The van der Waals surface area contributed by atoms with E-state index in [0.29, 0.717) is 0 Å². The van der Waals surface area contributed by atoms with E-state index >= 15 is 0 Å². The Morgan fingerprint density at radius 1 is 0.219 bits per heavy atom. The fourth-order valence-electron chi connectivity index (χ4n) is 12.4. The van der Waals surface area contributed by atoms with Crippen LogP contribution in [0.25, 0.3) is 110 Å². The van der Waals surface area contributed by atoms with E-state index < -0.39 is 0 Å². The highest BCUT2D eigenvalue weighted by Crippen LogP contribution is 2.51. The molecule has 2 aliphatic heterocycles. The molecule has 0 fully saturated rings. The summed E-state index contributed by atoms with van der Waals surface area (Å²) < 4.78 is 14.4. The summed E-state index contributed by atoms with van der Waals surface area (Å²) in [5.74, 6) is 3.37. The Hall–Kier alpha value is -9.44. The summed E-state index contributed by atoms with van der Waals surface area (Å²) in [6.45, 7) is -0.142. The highest BCUT2D eigenvalue weighted by molar-refractivity contribution is 6.98. The number of rotatable bonds is 6. The van der Waals surface area contributed by atoms with Crippen LogP contribution in [0.15, 0.2) is 261 Å². The number of benzene rings is 13. The third-order valence-corrected chi connectivity index (χ3v) is 15.4. The molecule has 0 aliphatic carbocycles. The van der Waals surface area contributed by atoms with Gasteiger partial charge in [0.15, 0.2) is 0 Å². The van der Waals surface area contributed by atoms with Crippen LogP contribution in [0.1, 0.15) is 0 Å². The molecule has 0 amide bonds. The lowest BCUT2D eigenvalue weighted by molar-refractivity contribution is 0.466. The van der Waals surface area contributed by atoms with E-state index in [0.717, 1.165) is 72.8 Å². The standard InChI is InChI=1S/C70H43BO2/c1-3-22-44(23-4-1)64-50-30-11-15-34-54(50)66(55-35-16-12-31-51(55)64)48-28-9-7-26-46(48)58-38-19-40-60-69(58)72-62-42-21-43-63-68(62)71(60)61-41-20-39-59(70(61)73-63)47-27-8-10-29-49(47)67-56-36-17-13-32-52(56)65(45-24-5-2-6-25-45)53-33-14-18-37-57(53)67/h1-43H. The van der Waals surface area contributed by atoms with Gasteiger partial charge >= 0.3 is 0 Å². The van der Waals surface area contributed by atoms with Gasteiger partial charge in [0.25, 0.3) is 6.71 Å². The van der Waals surface area contributed by atoms with Gasteiger partial charge in [0.2, 0.25) is 0 Å². The van der Waals surface area contributed by atoms with Gasteiger partial charge < -0.3 is 9.47 Å². The van der Waals surface area contributed by atoms with Gasteiger partial charge in [-0.2, -0.15) is 0 Å². The van der Waals surface area contributed by atoms with Crippen LogP contribution in [0.2, 0.25) is 0 Å². The van der Waals surface area contributed by atoms with Crippen LogP contribution in [-0.4, -0.2) is 6.71 Å². The third-order valence-electron chi connectivity index (χ3n) is 15.4. The van der Waals surface area contributed by atoms with Crippen molar-refractivity contribution < 1.29 is 9.47 Å². The first kappa shape index (κ1) is 41.4. The molecule has 73 heavy (non-hydrogen) atoms. The monoisotopic (exact) mass is 926 g/mol. The largest absolute Gasteiger partial charge is 0.458 e. The van der Waals surface area contributed by atoms with Crippen LogP contribution < -0.4 is 25.9 Å². The SMILES string of the molecule is c1ccc(-c2c3ccccc3c(-c3ccccc3-c3cccc4c3Oc3cccc5c3B4c3cccc(-c4ccccc4-c4c6ccccc6c(-c6ccccc6)c6ccccc46)c3O5)c3ccccc23)cc1. The molecular formula is C70H43BO2. The zero-order valence-electron chi connectivity index (χ0n) is 39.7. The molecule has 15 rings (SSSR count). The van der Waals surface area contributed by atoms with Gasteiger partial charge in [-0.3, -0.25) is 0 Å². The number of hydrogen-bond acceptors (Lipinski definition) is 2. The Balaban J connectivity index is 0.925. The molecule has 338 valence electrons. The van der Waals surface area contributed by atoms with Crippen molar-refractivity contribution >= 4 is 66.2 Å². The predicted octanol–water partition coefficient (Wildman–Crippen LogP) is 17.0. The van der Waals surface area contributed by atoms with Crippen LogP contribution in [0.5, 0.6) is 23.0 Å². The predicted molar refractivity (Wildman–Crippen MR) is 307 cm³/mol. The first-order valence-corrected chi connectivity index (χ1v) is 25.2. The molecule has 0 N–H and O–H groups in total. The molecule has 2 heterocycles. The molecule has 0 radical (unpaired) electrons. The maximum absolute atomic E-state index is 7.20. The Labute approximate surface area is 424 Å². The number of hydrogen-bond donors (Lipinski definition) is 0. The fraction of sp³-hybridized carbons (Fsp3) is 0. The van der Waals surface area contributed by atoms with E-state index in [4.69, 9.17) is 9.47 Å². The minimum Gasteiger partial charge on any atom is -0.458 e. The zero-order valence-corrected chi connectivity index (χ0v) is 39.7. The van der Waals surface area contributed by atoms with Gasteiger partial charge in [-0.05, 0) is 122 Å². The minimum atomic E-state index is -0.142. The molecule has 0 saturated heterocycles. The van der Waals surface area contributed by atoms with Crippen LogP contribution in [-0.2, 0) is 0 Å². The van der Waals surface area contributed by atoms with E-state index in [9.17, 15) is 0 Å². The van der Waals surface area contributed by atoms with Gasteiger partial charge in [0, 0.05) is 16.6 Å². The third kappa shape index (κ3) is 6.32. The van der Waals surface area contributed by atoms with Gasteiger partial charge in [-0.15, -0.1) is 0 Å². The maximum Gasteiger partial charge on any atom is 0.260 e. The molecule has 0 aromatic heterocycles. The Morgan fingerprint density at radius 2 is 0.507 bits per heavy atom. The lowest BCUT2D eigenvalue weighted by atomic mass is 9.34. The second-order valence-electron chi connectivity index (χ2n) is 19.3. The highest BCUT2D eigenvalue weighted by Gasteiger charge is 2.42. The molecule has 3 heteroatoms. The van der Waals surface area contributed by atoms with Gasteiger partial charge in [0.05, 0.1) is 0 Å². The second-order valence-corrected chi connectivity index (χ2v) is 19.3. The van der Waals surface area contributed by atoms with Crippen LogP contribution in [0.4, 0.5) is 0 Å². The first-order valence-electron chi connectivity index (χ1n) is 25.2. The van der Waals surface area contributed by atoms with Crippen molar-refractivity contribution in [2.24, 2.45) is 0 Å². The van der Waals surface area contributed by atoms with Gasteiger partial charge in [-0.1, -0.05) is 249 Å². The summed E-state index contributed by atoms with van der Waals surface area (Å²) in [5.41, 5.74) is 17.3. The molecule has 0 unspecified atom stereocenters. The summed E-state index contributed by atoms with van der Waals surface area (Å²) in [6, 6.07) is 94.6. The maximum atomic E-state index is 7.20. The molecule has 13 aromatic carbocycles. The lowest BCUT2D eigenvalue weighted by Gasteiger charge is -2.34. The number of ether oxygens (including phenoxy) is 2. The molecule has 0 spiro atoms. The summed E-state index contributed by atoms with van der Waals surface area (Å²) in [7, 11) is 0. The topological polar surface area (TPSA) is 18.5 Å². The second kappa shape index (κ2) is 16.6. The summed E-state index contributed by atoms with van der Waals surface area (Å²) in [6.07, 6.45) is 0. The Kier molecular flexibility index (Phi) is 9.40. The smallest absolute Gasteiger partial charge is 0.260 e. The van der Waals surface area contributed by atoms with E-state index in [-0.39, 0.29) is 6.71 Å². The molecule has 0 saturated carbocycles. The average molecular weight is 927 g/mol. The molecule has 2 nitrogen and oxygen atoms in total. The Bertz CT molecular complexity index is 3990. The van der Waals surface area contributed by atoms with Crippen molar-refractivity contribution in [3.8, 4) is 89.8 Å². The molecule has 2 aliphatic rings. The van der Waals surface area contributed by atoms with Gasteiger partial charge in [0.1, 0.15) is 23.0 Å². The van der Waals surface area contributed by atoms with Crippen molar-refractivity contribution in [3.63, 3.8) is 0 Å². The van der Waals surface area contributed by atoms with E-state index in [1.165, 1.54) is 76.5 Å². The first-order chi connectivity index (χ1) is 36.3. The van der Waals surface area contributed by atoms with Crippen LogP contribution in [0.3, 0.4) is 0 Å². The minimum absolute atomic E-state index is 0.142. The van der Waals surface area contributed by atoms with Crippen molar-refractivity contribution in [2.75, 3.05) is 0 Å². The summed E-state index contributed by atoms with van der Waals surface area (Å²) in [5, 5.41) is 9.78. The number of fused-ring (bicyclic) bond motifs is 8. The summed E-state index contributed by atoms with van der Waals surface area (Å²) in [4.78, 5) is 0. The van der Waals surface area contributed by atoms with E-state index in [1.807, 2.05) is 0 Å². The van der Waals surface area contributed by atoms with Crippen molar-refractivity contribution in [3.05, 3.63) is 261 Å². The quantitative estimate of drug-likeness (QED) is 0.122. The van der Waals surface area contributed by atoms with Crippen molar-refractivity contribution in [1.29, 1.82) is 0 Å². The van der Waals surface area contributed by atoms with Crippen molar-refractivity contribution in [1.82, 2.24) is 0 Å². The summed E-state index contributed by atoms with van der Waals surface area (Å²) >= 11 is 0. The van der Waals surface area contributed by atoms with Gasteiger partial charge in [-0.25, -0.2) is 0 Å². The van der Waals surface area contributed by atoms with Crippen LogP contribution >= 0.6 is 0 Å². The molecule has 13 aromatic rings. The lowest BCUT2D eigenvalue weighted by Crippen LogP contribution is -2.57. The molecule has 0 bridgehead atoms. The zero-order chi connectivity index (χ0) is 48.0. The van der Waals surface area contributed by atoms with Crippen LogP contribution in [0, 0.1) is 0 Å². The fourth-order valence-corrected chi connectivity index (χ4v) is 12.4. The average Bonchev–Trinajstić information content (AvgIpc) is 3.46. The highest BCUT2D eigenvalue weighted by atomic mass is 16.5.